The van der Waals surface area contributed by atoms with Gasteiger partial charge in [-0.1, -0.05) is 35.3 Å². The number of nitrogens with one attached hydrogen (secondary N) is 2. The molecule has 1 saturated heterocycles. The second-order valence-electron chi connectivity index (χ2n) is 8.84. The number of unbranched alkanes of at least 4 members (excludes halogenated alkanes) is 1. The maximum Gasteiger partial charge on any atom is 0.404 e. The summed E-state index contributed by atoms with van der Waals surface area (Å²) in [5.74, 6) is 0.395. The molecule has 2 heterocycles. The molecule has 2 aliphatic heterocycles. The molecule has 1 atom stereocenters. The largest absolute Gasteiger partial charge is 0.494 e. The minimum absolute atomic E-state index is 0.121. The van der Waals surface area contributed by atoms with E-state index >= 15 is 0 Å². The lowest BCUT2D eigenvalue weighted by molar-refractivity contribution is -0.116. The highest BCUT2D eigenvalue weighted by Gasteiger charge is 2.26. The van der Waals surface area contributed by atoms with E-state index in [0.717, 1.165) is 56.8 Å². The zero-order valence-corrected chi connectivity index (χ0v) is 20.9. The number of carbonyl (C=O) groups excluding carboxylic acids is 1. The van der Waals surface area contributed by atoms with Crippen LogP contribution < -0.4 is 20.3 Å². The lowest BCUT2D eigenvalue weighted by atomic mass is 9.90. The Morgan fingerprint density at radius 3 is 2.71 bits per heavy atom. The average molecular weight is 521 g/mol. The van der Waals surface area contributed by atoms with Crippen molar-refractivity contribution in [2.75, 3.05) is 56.1 Å². The topological polar surface area (TPSA) is 94.1 Å². The van der Waals surface area contributed by atoms with Crippen LogP contribution in [0, 0.1) is 0 Å². The molecule has 0 bridgehead atoms. The molecule has 2 aromatic carbocycles. The standard InChI is InChI=1S/C25H30Cl2N4O4/c26-20-4-3-5-22(24(20)27)31-11-9-30(10-12-31)8-1-2-13-35-18-6-7-19-17(16-28-25(33)34)14-23(32)29-21(19)15-18/h3-7,15,17,28H,1-2,8-14,16H2,(H,29,32)(H,33,34). The number of carbonyl (C=O) groups is 2. The van der Waals surface area contributed by atoms with Gasteiger partial charge in [0.05, 0.1) is 22.3 Å². The first-order valence-electron chi connectivity index (χ1n) is 11.9. The molecular weight excluding hydrogens is 491 g/mol. The van der Waals surface area contributed by atoms with Crippen LogP contribution in [0.15, 0.2) is 36.4 Å². The lowest BCUT2D eigenvalue weighted by Gasteiger charge is -2.36. The van der Waals surface area contributed by atoms with Crippen molar-refractivity contribution in [3.63, 3.8) is 0 Å². The van der Waals surface area contributed by atoms with Crippen molar-refractivity contribution in [1.29, 1.82) is 0 Å². The molecule has 188 valence electrons. The van der Waals surface area contributed by atoms with Crippen LogP contribution in [0.5, 0.6) is 5.75 Å². The number of rotatable bonds is 9. The van der Waals surface area contributed by atoms with Crippen molar-refractivity contribution in [3.8, 4) is 5.75 Å². The molecular formula is C25H30Cl2N4O4. The molecule has 0 aromatic heterocycles. The van der Waals surface area contributed by atoms with Crippen LogP contribution in [0.2, 0.25) is 10.0 Å². The van der Waals surface area contributed by atoms with Crippen LogP contribution in [-0.2, 0) is 4.79 Å². The zero-order chi connectivity index (χ0) is 24.8. The van der Waals surface area contributed by atoms with Gasteiger partial charge in [0.2, 0.25) is 5.91 Å². The number of hydrogen-bond donors (Lipinski definition) is 3. The van der Waals surface area contributed by atoms with Crippen molar-refractivity contribution in [3.05, 3.63) is 52.0 Å². The first-order valence-corrected chi connectivity index (χ1v) is 12.6. The van der Waals surface area contributed by atoms with Gasteiger partial charge in [0, 0.05) is 56.8 Å². The molecule has 1 unspecified atom stereocenters. The smallest absolute Gasteiger partial charge is 0.404 e. The van der Waals surface area contributed by atoms with Gasteiger partial charge in [0.25, 0.3) is 0 Å². The number of ether oxygens (including phenoxy) is 1. The minimum atomic E-state index is -1.09. The Kier molecular flexibility index (Phi) is 8.59. The average Bonchev–Trinajstić information content (AvgIpc) is 2.84. The van der Waals surface area contributed by atoms with Crippen LogP contribution in [0.3, 0.4) is 0 Å². The van der Waals surface area contributed by atoms with Gasteiger partial charge in [-0.3, -0.25) is 9.69 Å². The van der Waals surface area contributed by atoms with E-state index in [1.165, 1.54) is 0 Å². The highest BCUT2D eigenvalue weighted by molar-refractivity contribution is 6.43. The Bertz CT molecular complexity index is 1060. The van der Waals surface area contributed by atoms with Crippen LogP contribution in [-0.4, -0.2) is 67.9 Å². The number of amides is 2. The maximum absolute atomic E-state index is 12.0. The number of carboxylic acid groups (broad SMARTS) is 1. The summed E-state index contributed by atoms with van der Waals surface area (Å²) in [6.07, 6.45) is 1.12. The summed E-state index contributed by atoms with van der Waals surface area (Å²) in [6.45, 7) is 5.60. The number of nitrogens with zero attached hydrogens (tertiary/aromatic N) is 2. The lowest BCUT2D eigenvalue weighted by Crippen LogP contribution is -2.46. The van der Waals surface area contributed by atoms with Gasteiger partial charge in [-0.05, 0) is 43.1 Å². The minimum Gasteiger partial charge on any atom is -0.494 e. The molecule has 0 aliphatic carbocycles. The van der Waals surface area contributed by atoms with E-state index in [1.807, 2.05) is 36.4 Å². The van der Waals surface area contributed by atoms with Gasteiger partial charge in [-0.25, -0.2) is 4.79 Å². The molecule has 10 heteroatoms. The number of anilines is 2. The van der Waals surface area contributed by atoms with Gasteiger partial charge in [0.1, 0.15) is 5.75 Å². The van der Waals surface area contributed by atoms with Gasteiger partial charge >= 0.3 is 6.09 Å². The van der Waals surface area contributed by atoms with E-state index in [1.54, 1.807) is 0 Å². The fraction of sp³-hybridized carbons (Fsp3) is 0.440. The molecule has 0 radical (unpaired) electrons. The second kappa shape index (κ2) is 11.8. The van der Waals surface area contributed by atoms with Crippen molar-refractivity contribution < 1.29 is 19.4 Å². The fourth-order valence-electron chi connectivity index (χ4n) is 4.59. The SMILES string of the molecule is O=C(O)NCC1CC(=O)Nc2cc(OCCCCN3CCN(c4cccc(Cl)c4Cl)CC3)ccc21. The molecule has 0 saturated carbocycles. The predicted molar refractivity (Wildman–Crippen MR) is 138 cm³/mol. The van der Waals surface area contributed by atoms with Crippen LogP contribution in [0.1, 0.15) is 30.7 Å². The molecule has 1 fully saturated rings. The summed E-state index contributed by atoms with van der Waals surface area (Å²) in [6, 6.07) is 11.4. The Labute approximate surface area is 215 Å². The van der Waals surface area contributed by atoms with Crippen molar-refractivity contribution in [2.24, 2.45) is 0 Å². The zero-order valence-electron chi connectivity index (χ0n) is 19.4. The summed E-state index contributed by atoms with van der Waals surface area (Å²) in [5, 5.41) is 15.3. The number of halogens is 2. The summed E-state index contributed by atoms with van der Waals surface area (Å²) < 4.78 is 5.91. The molecule has 2 amide bonds. The molecule has 35 heavy (non-hydrogen) atoms. The summed E-state index contributed by atoms with van der Waals surface area (Å²) in [5.41, 5.74) is 2.61. The monoisotopic (exact) mass is 520 g/mol. The van der Waals surface area contributed by atoms with Crippen molar-refractivity contribution in [2.45, 2.75) is 25.2 Å². The van der Waals surface area contributed by atoms with E-state index in [4.69, 9.17) is 33.0 Å². The third kappa shape index (κ3) is 6.72. The van der Waals surface area contributed by atoms with E-state index in [-0.39, 0.29) is 24.8 Å². The summed E-state index contributed by atoms with van der Waals surface area (Å²) in [7, 11) is 0. The highest BCUT2D eigenvalue weighted by atomic mass is 35.5. The van der Waals surface area contributed by atoms with Crippen LogP contribution in [0.4, 0.5) is 16.2 Å². The molecule has 0 spiro atoms. The van der Waals surface area contributed by atoms with E-state index in [0.29, 0.717) is 28.1 Å². The Morgan fingerprint density at radius 2 is 1.94 bits per heavy atom. The first-order chi connectivity index (χ1) is 16.9. The summed E-state index contributed by atoms with van der Waals surface area (Å²) >= 11 is 12.5. The molecule has 2 aromatic rings. The number of piperazine rings is 1. The van der Waals surface area contributed by atoms with Gasteiger partial charge in [0.15, 0.2) is 0 Å². The molecule has 4 rings (SSSR count). The van der Waals surface area contributed by atoms with E-state index in [2.05, 4.69) is 20.4 Å². The third-order valence-electron chi connectivity index (χ3n) is 6.45. The Morgan fingerprint density at radius 1 is 1.14 bits per heavy atom. The molecule has 3 N–H and O–H groups in total. The van der Waals surface area contributed by atoms with Crippen LogP contribution in [0.25, 0.3) is 0 Å². The van der Waals surface area contributed by atoms with E-state index in [9.17, 15) is 9.59 Å². The van der Waals surface area contributed by atoms with Crippen molar-refractivity contribution in [1.82, 2.24) is 10.2 Å². The van der Waals surface area contributed by atoms with Crippen molar-refractivity contribution >= 4 is 46.6 Å². The summed E-state index contributed by atoms with van der Waals surface area (Å²) in [4.78, 5) is 27.6. The Balaban J connectivity index is 1.18. The van der Waals surface area contributed by atoms with E-state index < -0.39 is 6.09 Å². The molecule has 8 nitrogen and oxygen atoms in total. The fourth-order valence-corrected chi connectivity index (χ4v) is 5.01. The Hall–Kier alpha value is -2.68. The quantitative estimate of drug-likeness (QED) is 0.416. The van der Waals surface area contributed by atoms with Gasteiger partial charge in [-0.2, -0.15) is 0 Å². The maximum atomic E-state index is 12.0. The van der Waals surface area contributed by atoms with Gasteiger partial charge in [-0.15, -0.1) is 0 Å². The third-order valence-corrected chi connectivity index (χ3v) is 7.26. The second-order valence-corrected chi connectivity index (χ2v) is 9.63. The predicted octanol–water partition coefficient (Wildman–Crippen LogP) is 4.67. The number of benzene rings is 2. The number of fused-ring (bicyclic) bond motifs is 1. The highest BCUT2D eigenvalue weighted by Crippen LogP contribution is 2.35. The normalized spacial score (nSPS) is 18.1. The van der Waals surface area contributed by atoms with Gasteiger partial charge < -0.3 is 25.4 Å². The number of hydrogen-bond acceptors (Lipinski definition) is 5. The van der Waals surface area contributed by atoms with Crippen LogP contribution >= 0.6 is 23.2 Å². The molecule has 2 aliphatic rings. The first kappa shape index (κ1) is 25.4.